The lowest BCUT2D eigenvalue weighted by Gasteiger charge is -2.29. The number of ether oxygens (including phenoxy) is 1. The Morgan fingerprint density at radius 3 is 2.77 bits per heavy atom. The number of aromatic nitrogens is 2. The highest BCUT2D eigenvalue weighted by molar-refractivity contribution is 6.07. The van der Waals surface area contributed by atoms with Gasteiger partial charge in [-0.1, -0.05) is 18.2 Å². The van der Waals surface area contributed by atoms with Crippen molar-refractivity contribution in [3.63, 3.8) is 0 Å². The minimum Gasteiger partial charge on any atom is -0.378 e. The van der Waals surface area contributed by atoms with Crippen molar-refractivity contribution in [3.05, 3.63) is 72.1 Å². The zero-order chi connectivity index (χ0) is 17.8. The quantitative estimate of drug-likeness (QED) is 0.536. The lowest BCUT2D eigenvalue weighted by atomic mass is 10.1. The fourth-order valence-corrected chi connectivity index (χ4v) is 3.04. The molecule has 0 radical (unpaired) electrons. The summed E-state index contributed by atoms with van der Waals surface area (Å²) in [5.41, 5.74) is 2.46. The van der Waals surface area contributed by atoms with E-state index >= 15 is 0 Å². The van der Waals surface area contributed by atoms with E-state index in [0.717, 1.165) is 35.4 Å². The summed E-state index contributed by atoms with van der Waals surface area (Å²) in [6, 6.07) is 13.6. The Balaban J connectivity index is 1.72. The molecule has 2 aromatic heterocycles. The Bertz CT molecular complexity index is 948. The molecule has 0 N–H and O–H groups in total. The molecule has 5 heteroatoms. The highest BCUT2D eigenvalue weighted by atomic mass is 16.5. The van der Waals surface area contributed by atoms with E-state index in [-0.39, 0.29) is 5.78 Å². The van der Waals surface area contributed by atoms with Gasteiger partial charge in [-0.15, -0.1) is 0 Å². The Labute approximate surface area is 152 Å². The maximum atomic E-state index is 12.4. The number of fused-ring (bicyclic) bond motifs is 1. The summed E-state index contributed by atoms with van der Waals surface area (Å²) in [5, 5.41) is 1.05. The van der Waals surface area contributed by atoms with Gasteiger partial charge < -0.3 is 9.64 Å². The fourth-order valence-electron chi connectivity index (χ4n) is 3.04. The lowest BCUT2D eigenvalue weighted by molar-refractivity contribution is 0.104. The predicted molar refractivity (Wildman–Crippen MR) is 102 cm³/mol. The van der Waals surface area contributed by atoms with Crippen LogP contribution in [-0.2, 0) is 4.74 Å². The molecular formula is C21H19N3O2. The molecule has 130 valence electrons. The molecule has 0 aliphatic carbocycles. The molecule has 26 heavy (non-hydrogen) atoms. The molecule has 0 bridgehead atoms. The minimum absolute atomic E-state index is 0.0702. The smallest absolute Gasteiger partial charge is 0.187 e. The first-order valence-corrected chi connectivity index (χ1v) is 8.66. The number of nitrogens with zero attached hydrogens (tertiary/aromatic N) is 3. The number of hydrogen-bond acceptors (Lipinski definition) is 5. The van der Waals surface area contributed by atoms with Gasteiger partial charge in [0.1, 0.15) is 5.82 Å². The van der Waals surface area contributed by atoms with Crippen molar-refractivity contribution in [2.45, 2.75) is 0 Å². The second kappa shape index (κ2) is 7.45. The number of carbonyl (C=O) groups is 1. The fraction of sp³-hybridized carbons (Fsp3) is 0.190. The Hall–Kier alpha value is -3.05. The summed E-state index contributed by atoms with van der Waals surface area (Å²) >= 11 is 0. The number of ketones is 1. The number of pyridine rings is 2. The van der Waals surface area contributed by atoms with Gasteiger partial charge in [-0.25, -0.2) is 4.98 Å². The van der Waals surface area contributed by atoms with Crippen LogP contribution in [0.3, 0.4) is 0 Å². The van der Waals surface area contributed by atoms with Crippen molar-refractivity contribution < 1.29 is 9.53 Å². The molecule has 0 amide bonds. The molecule has 1 aromatic carbocycles. The summed E-state index contributed by atoms with van der Waals surface area (Å²) in [6.07, 6.45) is 6.67. The first kappa shape index (κ1) is 16.4. The van der Waals surface area contributed by atoms with E-state index in [0.29, 0.717) is 18.8 Å². The van der Waals surface area contributed by atoms with E-state index < -0.39 is 0 Å². The maximum absolute atomic E-state index is 12.4. The minimum atomic E-state index is -0.0702. The number of anilines is 1. The van der Waals surface area contributed by atoms with E-state index in [1.54, 1.807) is 30.6 Å². The molecule has 3 heterocycles. The second-order valence-electron chi connectivity index (χ2n) is 6.13. The topological polar surface area (TPSA) is 55.3 Å². The Morgan fingerprint density at radius 2 is 1.96 bits per heavy atom. The molecular weight excluding hydrogens is 326 g/mol. The predicted octanol–water partition coefficient (Wildman–Crippen LogP) is 3.36. The number of rotatable bonds is 4. The third-order valence-electron chi connectivity index (χ3n) is 4.40. The van der Waals surface area contributed by atoms with E-state index in [9.17, 15) is 4.79 Å². The second-order valence-corrected chi connectivity index (χ2v) is 6.13. The van der Waals surface area contributed by atoms with E-state index in [1.807, 2.05) is 30.3 Å². The number of para-hydroxylation sites is 1. The third-order valence-corrected chi connectivity index (χ3v) is 4.40. The first-order valence-electron chi connectivity index (χ1n) is 8.66. The maximum Gasteiger partial charge on any atom is 0.187 e. The summed E-state index contributed by atoms with van der Waals surface area (Å²) in [4.78, 5) is 23.4. The van der Waals surface area contributed by atoms with Crippen LogP contribution in [-0.4, -0.2) is 42.1 Å². The number of allylic oxidation sites excluding steroid dienone is 1. The van der Waals surface area contributed by atoms with Crippen molar-refractivity contribution in [2.24, 2.45) is 0 Å². The standard InChI is InChI=1S/C21H19N3O2/c25-20(18-5-3-9-22-15-18)8-7-17-14-16-4-1-2-6-19(16)23-21(17)24-10-12-26-13-11-24/h1-9,14-15H,10-13H2/b8-7+. The van der Waals surface area contributed by atoms with Crippen molar-refractivity contribution >= 4 is 28.6 Å². The van der Waals surface area contributed by atoms with Crippen LogP contribution in [0.4, 0.5) is 5.82 Å². The van der Waals surface area contributed by atoms with Crippen molar-refractivity contribution in [2.75, 3.05) is 31.2 Å². The molecule has 1 saturated heterocycles. The molecule has 1 aliphatic heterocycles. The van der Waals surface area contributed by atoms with Gasteiger partial charge in [0, 0.05) is 42.0 Å². The molecule has 0 saturated carbocycles. The zero-order valence-electron chi connectivity index (χ0n) is 14.3. The van der Waals surface area contributed by atoms with Crippen LogP contribution in [0.2, 0.25) is 0 Å². The molecule has 0 spiro atoms. The number of morpholine rings is 1. The first-order chi connectivity index (χ1) is 12.8. The van der Waals surface area contributed by atoms with Gasteiger partial charge in [0.15, 0.2) is 5.78 Å². The van der Waals surface area contributed by atoms with Crippen LogP contribution in [0.25, 0.3) is 17.0 Å². The normalized spacial score (nSPS) is 14.8. The molecule has 1 aliphatic rings. The van der Waals surface area contributed by atoms with Gasteiger partial charge in [-0.3, -0.25) is 9.78 Å². The highest BCUT2D eigenvalue weighted by Crippen LogP contribution is 2.25. The highest BCUT2D eigenvalue weighted by Gasteiger charge is 2.16. The zero-order valence-corrected chi connectivity index (χ0v) is 14.3. The number of carbonyl (C=O) groups excluding carboxylic acids is 1. The summed E-state index contributed by atoms with van der Waals surface area (Å²) in [6.45, 7) is 2.96. The summed E-state index contributed by atoms with van der Waals surface area (Å²) in [7, 11) is 0. The number of benzene rings is 1. The molecule has 5 nitrogen and oxygen atoms in total. The van der Waals surface area contributed by atoms with Crippen molar-refractivity contribution in [1.29, 1.82) is 0 Å². The van der Waals surface area contributed by atoms with Crippen LogP contribution in [0, 0.1) is 0 Å². The van der Waals surface area contributed by atoms with Gasteiger partial charge in [0.2, 0.25) is 0 Å². The van der Waals surface area contributed by atoms with E-state index in [2.05, 4.69) is 16.0 Å². The van der Waals surface area contributed by atoms with E-state index in [4.69, 9.17) is 9.72 Å². The monoisotopic (exact) mass is 345 g/mol. The van der Waals surface area contributed by atoms with Crippen LogP contribution in [0.1, 0.15) is 15.9 Å². The average molecular weight is 345 g/mol. The lowest BCUT2D eigenvalue weighted by Crippen LogP contribution is -2.37. The van der Waals surface area contributed by atoms with Gasteiger partial charge in [0.05, 0.1) is 18.7 Å². The van der Waals surface area contributed by atoms with Gasteiger partial charge >= 0.3 is 0 Å². The van der Waals surface area contributed by atoms with E-state index in [1.165, 1.54) is 0 Å². The van der Waals surface area contributed by atoms with Crippen LogP contribution in [0.15, 0.2) is 60.9 Å². The Kier molecular flexibility index (Phi) is 4.71. The molecule has 1 fully saturated rings. The SMILES string of the molecule is O=C(/C=C/c1cc2ccccc2nc1N1CCOCC1)c1cccnc1. The van der Waals surface area contributed by atoms with Gasteiger partial charge in [-0.05, 0) is 36.4 Å². The summed E-state index contributed by atoms with van der Waals surface area (Å²) in [5.74, 6) is 0.821. The molecule has 4 rings (SSSR count). The van der Waals surface area contributed by atoms with Gasteiger partial charge in [0.25, 0.3) is 0 Å². The van der Waals surface area contributed by atoms with Crippen molar-refractivity contribution in [1.82, 2.24) is 9.97 Å². The van der Waals surface area contributed by atoms with Gasteiger partial charge in [-0.2, -0.15) is 0 Å². The third kappa shape index (κ3) is 3.48. The van der Waals surface area contributed by atoms with Crippen LogP contribution in [0.5, 0.6) is 0 Å². The largest absolute Gasteiger partial charge is 0.378 e. The Morgan fingerprint density at radius 1 is 1.12 bits per heavy atom. The van der Waals surface area contributed by atoms with Crippen LogP contribution < -0.4 is 4.90 Å². The van der Waals surface area contributed by atoms with Crippen LogP contribution >= 0.6 is 0 Å². The molecule has 0 unspecified atom stereocenters. The molecule has 3 aromatic rings. The average Bonchev–Trinajstić information content (AvgIpc) is 2.72. The van der Waals surface area contributed by atoms with Crippen molar-refractivity contribution in [3.8, 4) is 0 Å². The summed E-state index contributed by atoms with van der Waals surface area (Å²) < 4.78 is 5.46. The number of hydrogen-bond donors (Lipinski definition) is 0. The molecule has 0 atom stereocenters.